The standard InChI is InChI=1S/C12H14F3NO3S/c1-7(9-3-2-6-19-9)16-20(17,18)10-5-4-8(13)11(14)12(10)15/h4-5,7,9,16H,2-3,6H2,1H3/t7-,9-/m0/s1. The highest BCUT2D eigenvalue weighted by Crippen LogP contribution is 2.21. The molecule has 1 aromatic rings. The summed E-state index contributed by atoms with van der Waals surface area (Å²) < 4.78 is 70.9. The number of halogens is 3. The van der Waals surface area contributed by atoms with E-state index in [0.717, 1.165) is 6.42 Å². The molecule has 0 amide bonds. The van der Waals surface area contributed by atoms with Crippen LogP contribution in [0.1, 0.15) is 19.8 Å². The lowest BCUT2D eigenvalue weighted by Gasteiger charge is -2.20. The first-order valence-electron chi connectivity index (χ1n) is 6.10. The molecule has 20 heavy (non-hydrogen) atoms. The fourth-order valence-corrected chi connectivity index (χ4v) is 3.44. The second-order valence-electron chi connectivity index (χ2n) is 4.63. The Morgan fingerprint density at radius 3 is 2.60 bits per heavy atom. The quantitative estimate of drug-likeness (QED) is 0.865. The summed E-state index contributed by atoms with van der Waals surface area (Å²) in [5.41, 5.74) is 0. The van der Waals surface area contributed by atoms with Gasteiger partial charge < -0.3 is 4.74 Å². The minimum absolute atomic E-state index is 0.307. The Labute approximate surface area is 115 Å². The number of hydrogen-bond acceptors (Lipinski definition) is 3. The van der Waals surface area contributed by atoms with Crippen LogP contribution in [0.3, 0.4) is 0 Å². The molecule has 4 nitrogen and oxygen atoms in total. The molecule has 1 aromatic carbocycles. The van der Waals surface area contributed by atoms with Crippen LogP contribution < -0.4 is 4.72 Å². The van der Waals surface area contributed by atoms with Crippen molar-refractivity contribution in [2.45, 2.75) is 36.8 Å². The Bertz CT molecular complexity index is 600. The van der Waals surface area contributed by atoms with Crippen molar-refractivity contribution in [3.63, 3.8) is 0 Å². The number of benzene rings is 1. The van der Waals surface area contributed by atoms with Crippen LogP contribution in [0, 0.1) is 17.5 Å². The van der Waals surface area contributed by atoms with Crippen LogP contribution in [0.15, 0.2) is 17.0 Å². The molecule has 0 saturated carbocycles. The van der Waals surface area contributed by atoms with Gasteiger partial charge in [0.25, 0.3) is 0 Å². The van der Waals surface area contributed by atoms with E-state index in [2.05, 4.69) is 4.72 Å². The molecule has 1 N–H and O–H groups in total. The van der Waals surface area contributed by atoms with E-state index in [1.807, 2.05) is 0 Å². The smallest absolute Gasteiger partial charge is 0.243 e. The molecule has 112 valence electrons. The summed E-state index contributed by atoms with van der Waals surface area (Å²) >= 11 is 0. The van der Waals surface area contributed by atoms with Crippen molar-refractivity contribution in [2.24, 2.45) is 0 Å². The zero-order valence-corrected chi connectivity index (χ0v) is 11.5. The second-order valence-corrected chi connectivity index (χ2v) is 6.32. The number of hydrogen-bond donors (Lipinski definition) is 1. The van der Waals surface area contributed by atoms with Crippen molar-refractivity contribution in [2.75, 3.05) is 6.61 Å². The van der Waals surface area contributed by atoms with Gasteiger partial charge in [0.15, 0.2) is 17.5 Å². The number of nitrogens with one attached hydrogen (secondary N) is 1. The van der Waals surface area contributed by atoms with Crippen molar-refractivity contribution >= 4 is 10.0 Å². The molecular formula is C12H14F3NO3S. The van der Waals surface area contributed by atoms with Crippen LogP contribution >= 0.6 is 0 Å². The Hall–Kier alpha value is -1.12. The fraction of sp³-hybridized carbons (Fsp3) is 0.500. The summed E-state index contributed by atoms with van der Waals surface area (Å²) in [4.78, 5) is -0.916. The first kappa shape index (κ1) is 15.3. The lowest BCUT2D eigenvalue weighted by Crippen LogP contribution is -2.41. The van der Waals surface area contributed by atoms with E-state index >= 15 is 0 Å². The molecule has 2 atom stereocenters. The predicted molar refractivity (Wildman–Crippen MR) is 65.1 cm³/mol. The van der Waals surface area contributed by atoms with Crippen LogP contribution in [0.5, 0.6) is 0 Å². The molecule has 0 spiro atoms. The third-order valence-corrected chi connectivity index (χ3v) is 4.73. The van der Waals surface area contributed by atoms with E-state index in [0.29, 0.717) is 25.2 Å². The maximum absolute atomic E-state index is 13.5. The number of ether oxygens (including phenoxy) is 1. The third-order valence-electron chi connectivity index (χ3n) is 3.15. The topological polar surface area (TPSA) is 55.4 Å². The highest BCUT2D eigenvalue weighted by Gasteiger charge is 2.29. The molecule has 1 aliphatic heterocycles. The van der Waals surface area contributed by atoms with Crippen molar-refractivity contribution in [3.05, 3.63) is 29.6 Å². The van der Waals surface area contributed by atoms with E-state index in [1.165, 1.54) is 0 Å². The summed E-state index contributed by atoms with van der Waals surface area (Å²) in [6.07, 6.45) is 1.19. The van der Waals surface area contributed by atoms with Crippen LogP contribution in [-0.2, 0) is 14.8 Å². The summed E-state index contributed by atoms with van der Waals surface area (Å²) in [5, 5.41) is 0. The second kappa shape index (κ2) is 5.71. The number of rotatable bonds is 4. The molecule has 2 rings (SSSR count). The molecule has 0 aromatic heterocycles. The predicted octanol–water partition coefficient (Wildman–Crippen LogP) is 1.95. The number of sulfonamides is 1. The first-order chi connectivity index (χ1) is 9.33. The van der Waals surface area contributed by atoms with Gasteiger partial charge in [-0.2, -0.15) is 0 Å². The van der Waals surface area contributed by atoms with Gasteiger partial charge in [0.1, 0.15) is 4.90 Å². The fourth-order valence-electron chi connectivity index (χ4n) is 2.10. The van der Waals surface area contributed by atoms with E-state index in [1.54, 1.807) is 6.92 Å². The van der Waals surface area contributed by atoms with Crippen LogP contribution in [0.4, 0.5) is 13.2 Å². The average molecular weight is 309 g/mol. The summed E-state index contributed by atoms with van der Waals surface area (Å²) in [5.74, 6) is -4.97. The van der Waals surface area contributed by atoms with Crippen LogP contribution in [-0.4, -0.2) is 27.2 Å². The van der Waals surface area contributed by atoms with Crippen molar-refractivity contribution in [1.82, 2.24) is 4.72 Å². The molecule has 1 fully saturated rings. The zero-order chi connectivity index (χ0) is 14.9. The average Bonchev–Trinajstić information content (AvgIpc) is 2.89. The molecule has 8 heteroatoms. The van der Waals surface area contributed by atoms with Crippen molar-refractivity contribution in [1.29, 1.82) is 0 Å². The van der Waals surface area contributed by atoms with Gasteiger partial charge in [0, 0.05) is 12.6 Å². The maximum atomic E-state index is 13.5. The SMILES string of the molecule is C[C@H](NS(=O)(=O)c1ccc(F)c(F)c1F)[C@@H]1CCCO1. The van der Waals surface area contributed by atoms with Gasteiger partial charge in [0.05, 0.1) is 6.10 Å². The van der Waals surface area contributed by atoms with E-state index in [9.17, 15) is 21.6 Å². The largest absolute Gasteiger partial charge is 0.377 e. The Morgan fingerprint density at radius 1 is 1.30 bits per heavy atom. The van der Waals surface area contributed by atoms with Gasteiger partial charge in [-0.25, -0.2) is 26.3 Å². The minimum atomic E-state index is -4.28. The molecule has 0 bridgehead atoms. The van der Waals surface area contributed by atoms with Gasteiger partial charge in [-0.05, 0) is 31.9 Å². The van der Waals surface area contributed by atoms with Crippen LogP contribution in [0.2, 0.25) is 0 Å². The first-order valence-corrected chi connectivity index (χ1v) is 7.58. The minimum Gasteiger partial charge on any atom is -0.377 e. The molecule has 1 saturated heterocycles. The van der Waals surface area contributed by atoms with Crippen LogP contribution in [0.25, 0.3) is 0 Å². The zero-order valence-electron chi connectivity index (χ0n) is 10.7. The third kappa shape index (κ3) is 2.97. The molecule has 0 radical (unpaired) electrons. The van der Waals surface area contributed by atoms with E-state index in [4.69, 9.17) is 4.74 Å². The van der Waals surface area contributed by atoms with Gasteiger partial charge >= 0.3 is 0 Å². The Morgan fingerprint density at radius 2 is 2.00 bits per heavy atom. The lowest BCUT2D eigenvalue weighted by atomic mass is 10.1. The van der Waals surface area contributed by atoms with Crippen molar-refractivity contribution < 1.29 is 26.3 Å². The van der Waals surface area contributed by atoms with E-state index < -0.39 is 38.4 Å². The summed E-state index contributed by atoms with van der Waals surface area (Å²) in [7, 11) is -4.28. The normalized spacial score (nSPS) is 21.1. The molecule has 1 heterocycles. The van der Waals surface area contributed by atoms with Gasteiger partial charge in [-0.3, -0.25) is 0 Å². The molecule has 0 unspecified atom stereocenters. The molecule has 1 aliphatic rings. The van der Waals surface area contributed by atoms with Gasteiger partial charge in [-0.1, -0.05) is 0 Å². The highest BCUT2D eigenvalue weighted by atomic mass is 32.2. The highest BCUT2D eigenvalue weighted by molar-refractivity contribution is 7.89. The van der Waals surface area contributed by atoms with Gasteiger partial charge in [0.2, 0.25) is 10.0 Å². The van der Waals surface area contributed by atoms with E-state index in [-0.39, 0.29) is 6.10 Å². The molecule has 0 aliphatic carbocycles. The summed E-state index contributed by atoms with van der Waals surface area (Å²) in [6, 6.07) is 0.678. The monoisotopic (exact) mass is 309 g/mol. The Kier molecular flexibility index (Phi) is 4.36. The lowest BCUT2D eigenvalue weighted by molar-refractivity contribution is 0.0902. The maximum Gasteiger partial charge on any atom is 0.243 e. The molecular weight excluding hydrogens is 295 g/mol. The summed E-state index contributed by atoms with van der Waals surface area (Å²) in [6.45, 7) is 2.11. The van der Waals surface area contributed by atoms with Gasteiger partial charge in [-0.15, -0.1) is 0 Å². The Balaban J connectivity index is 2.24. The van der Waals surface area contributed by atoms with Crippen molar-refractivity contribution in [3.8, 4) is 0 Å².